The number of carbonyl (C=O) groups is 1. The van der Waals surface area contributed by atoms with Gasteiger partial charge in [-0.2, -0.15) is 0 Å². The van der Waals surface area contributed by atoms with Crippen molar-refractivity contribution in [3.05, 3.63) is 122 Å². The molecule has 14 heteroatoms. The molecule has 14 nitrogen and oxygen atoms in total. The zero-order valence-electron chi connectivity index (χ0n) is 45.5. The third-order valence-electron chi connectivity index (χ3n) is 12.9. The van der Waals surface area contributed by atoms with E-state index in [4.69, 9.17) is 18.9 Å². The molecule has 426 valence electrons. The van der Waals surface area contributed by atoms with Gasteiger partial charge in [-0.05, 0) is 89.9 Å². The molecule has 2 aliphatic heterocycles. The van der Waals surface area contributed by atoms with Crippen molar-refractivity contribution in [3.8, 4) is 0 Å². The van der Waals surface area contributed by atoms with Gasteiger partial charge >= 0.3 is 0 Å². The normalized spacial score (nSPS) is 26.0. The fourth-order valence-corrected chi connectivity index (χ4v) is 8.34. The average Bonchev–Trinajstić information content (AvgIpc) is 3.41. The minimum atomic E-state index is -1.79. The van der Waals surface area contributed by atoms with E-state index < -0.39 is 86.8 Å². The van der Waals surface area contributed by atoms with Crippen LogP contribution in [0.5, 0.6) is 0 Å². The Hall–Kier alpha value is -3.61. The number of ether oxygens (including phenoxy) is 4. The van der Waals surface area contributed by atoms with E-state index in [9.17, 15) is 45.6 Å². The predicted molar refractivity (Wildman–Crippen MR) is 299 cm³/mol. The van der Waals surface area contributed by atoms with Crippen LogP contribution in [0.3, 0.4) is 0 Å². The van der Waals surface area contributed by atoms with Gasteiger partial charge in [0.25, 0.3) is 0 Å². The zero-order chi connectivity index (χ0) is 54.6. The first-order valence-electron chi connectivity index (χ1n) is 28.3. The highest BCUT2D eigenvalue weighted by molar-refractivity contribution is 5.76. The number of hydrogen-bond acceptors (Lipinski definition) is 13. The van der Waals surface area contributed by atoms with Gasteiger partial charge in [0.2, 0.25) is 5.91 Å². The second-order valence-corrected chi connectivity index (χ2v) is 19.3. The summed E-state index contributed by atoms with van der Waals surface area (Å²) >= 11 is 0. The van der Waals surface area contributed by atoms with Gasteiger partial charge in [0.05, 0.1) is 32.0 Å². The molecule has 75 heavy (non-hydrogen) atoms. The average molecular weight is 1050 g/mol. The first-order chi connectivity index (χ1) is 36.6. The van der Waals surface area contributed by atoms with Gasteiger partial charge in [0.1, 0.15) is 48.8 Å². The highest BCUT2D eigenvalue weighted by atomic mass is 16.7. The summed E-state index contributed by atoms with van der Waals surface area (Å²) in [7, 11) is 0. The maximum absolute atomic E-state index is 13.1. The van der Waals surface area contributed by atoms with Crippen LogP contribution in [0.15, 0.2) is 122 Å². The summed E-state index contributed by atoms with van der Waals surface area (Å²) in [6, 6.07) is -0.926. The second kappa shape index (κ2) is 45.4. The molecule has 0 spiro atoms. The van der Waals surface area contributed by atoms with Gasteiger partial charge in [-0.3, -0.25) is 4.79 Å². The van der Waals surface area contributed by atoms with Gasteiger partial charge in [0.15, 0.2) is 12.6 Å². The van der Waals surface area contributed by atoms with Gasteiger partial charge in [-0.1, -0.05) is 187 Å². The maximum Gasteiger partial charge on any atom is 0.220 e. The molecule has 2 rings (SSSR count). The molecule has 0 aromatic carbocycles. The van der Waals surface area contributed by atoms with Crippen LogP contribution in [-0.4, -0.2) is 140 Å². The number of aliphatic hydroxyl groups is 8. The summed E-state index contributed by atoms with van der Waals surface area (Å²) in [6.45, 7) is 2.54. The van der Waals surface area contributed by atoms with E-state index in [0.29, 0.717) is 6.42 Å². The van der Waals surface area contributed by atoms with Crippen LogP contribution in [0.2, 0.25) is 0 Å². The number of amides is 1. The first-order valence-corrected chi connectivity index (χ1v) is 28.3. The predicted octanol–water partition coefficient (Wildman–Crippen LogP) is 9.05. The van der Waals surface area contributed by atoms with E-state index >= 15 is 0 Å². The number of nitrogens with one attached hydrogen (secondary N) is 1. The molecule has 0 aromatic heterocycles. The second-order valence-electron chi connectivity index (χ2n) is 19.3. The van der Waals surface area contributed by atoms with E-state index in [0.717, 1.165) is 135 Å². The first kappa shape index (κ1) is 67.5. The van der Waals surface area contributed by atoms with Crippen LogP contribution in [0.25, 0.3) is 0 Å². The number of carbonyl (C=O) groups excluding carboxylic acids is 1. The Bertz CT molecular complexity index is 1720. The Kier molecular flexibility index (Phi) is 40.9. The third-order valence-corrected chi connectivity index (χ3v) is 12.9. The summed E-state index contributed by atoms with van der Waals surface area (Å²) in [5, 5.41) is 86.4. The van der Waals surface area contributed by atoms with Crippen LogP contribution in [-0.2, 0) is 23.7 Å². The van der Waals surface area contributed by atoms with Crippen LogP contribution in [0.1, 0.15) is 162 Å². The number of aliphatic hydroxyl groups excluding tert-OH is 8. The van der Waals surface area contributed by atoms with Crippen molar-refractivity contribution in [2.24, 2.45) is 0 Å². The van der Waals surface area contributed by atoms with Crippen LogP contribution < -0.4 is 5.32 Å². The maximum atomic E-state index is 13.1. The molecular weight excluding hydrogens is 955 g/mol. The molecule has 0 aliphatic carbocycles. The number of allylic oxidation sites excluding steroid dienone is 19. The van der Waals surface area contributed by atoms with E-state index in [-0.39, 0.29) is 18.9 Å². The summed E-state index contributed by atoms with van der Waals surface area (Å²) < 4.78 is 22.6. The van der Waals surface area contributed by atoms with Crippen molar-refractivity contribution in [2.75, 3.05) is 19.8 Å². The van der Waals surface area contributed by atoms with E-state index in [1.54, 1.807) is 6.08 Å². The topological polar surface area (TPSA) is 228 Å². The van der Waals surface area contributed by atoms with Crippen molar-refractivity contribution in [1.82, 2.24) is 5.32 Å². The molecule has 12 atom stereocenters. The fourth-order valence-electron chi connectivity index (χ4n) is 8.34. The molecule has 2 saturated heterocycles. The third kappa shape index (κ3) is 31.4. The van der Waals surface area contributed by atoms with Crippen LogP contribution in [0.4, 0.5) is 0 Å². The molecular formula is C61H99NO13. The van der Waals surface area contributed by atoms with Crippen LogP contribution in [0, 0.1) is 0 Å². The number of hydrogen-bond donors (Lipinski definition) is 9. The Balaban J connectivity index is 1.61. The fraction of sp³-hybridized carbons (Fsp3) is 0.656. The van der Waals surface area contributed by atoms with Gasteiger partial charge in [-0.25, -0.2) is 0 Å². The van der Waals surface area contributed by atoms with Crippen molar-refractivity contribution in [3.63, 3.8) is 0 Å². The lowest BCUT2D eigenvalue weighted by Gasteiger charge is -2.46. The lowest BCUT2D eigenvalue weighted by molar-refractivity contribution is -0.359. The van der Waals surface area contributed by atoms with E-state index in [1.165, 1.54) is 0 Å². The van der Waals surface area contributed by atoms with Crippen LogP contribution >= 0.6 is 0 Å². The molecule has 2 aliphatic rings. The summed E-state index contributed by atoms with van der Waals surface area (Å²) in [6.07, 6.45) is 48.7. The molecule has 0 bridgehead atoms. The smallest absolute Gasteiger partial charge is 0.220 e. The Morgan fingerprint density at radius 1 is 0.493 bits per heavy atom. The Labute approximate surface area is 450 Å². The van der Waals surface area contributed by atoms with Gasteiger partial charge < -0.3 is 65.1 Å². The summed E-state index contributed by atoms with van der Waals surface area (Å²) in [5.74, 6) is -0.264. The standard InChI is InChI=1S/C61H99NO13/c1-3-5-7-9-11-12-13-14-15-16-17-18-19-20-21-22-23-24-25-26-27-28-29-30-31-32-33-34-35-36-37-38-39-41-43-45-53(66)62-49(50(65)44-42-40-10-8-6-4-2)48-72-60-58(71)56(69)59(52(47-64)74-60)75-61-57(70)55(68)54(67)51(46-63)73-61/h5,7,11-12,14-15,17-18,20-21,23-24,26-27,29-30,32-33,42,44,49-52,54-61,63-65,67-71H,3-4,6,8-10,13,16,19,22,25,28,31,34-41,43,45-48H2,1-2H3,(H,62,66)/b7-5-,12-11-,15-14-,18-17-,21-20-,24-23-,27-26-,30-29-,33-32-,44-42+. The van der Waals surface area contributed by atoms with E-state index in [2.05, 4.69) is 129 Å². The van der Waals surface area contributed by atoms with Crippen molar-refractivity contribution < 1.29 is 64.6 Å². The quantitative estimate of drug-likeness (QED) is 0.0206. The molecule has 1 amide bonds. The van der Waals surface area contributed by atoms with Crippen molar-refractivity contribution in [1.29, 1.82) is 0 Å². The Morgan fingerprint density at radius 2 is 0.920 bits per heavy atom. The number of unbranched alkanes of at least 4 members (excludes halogenated alkanes) is 11. The molecule has 0 radical (unpaired) electrons. The molecule has 12 unspecified atom stereocenters. The molecule has 0 saturated carbocycles. The monoisotopic (exact) mass is 1050 g/mol. The largest absolute Gasteiger partial charge is 0.394 e. The van der Waals surface area contributed by atoms with Gasteiger partial charge in [0, 0.05) is 6.42 Å². The highest BCUT2D eigenvalue weighted by Crippen LogP contribution is 2.30. The molecule has 2 heterocycles. The minimum Gasteiger partial charge on any atom is -0.394 e. The lowest BCUT2D eigenvalue weighted by atomic mass is 9.97. The Morgan fingerprint density at radius 3 is 1.41 bits per heavy atom. The summed E-state index contributed by atoms with van der Waals surface area (Å²) in [5.41, 5.74) is 0. The van der Waals surface area contributed by atoms with Crippen molar-refractivity contribution in [2.45, 2.75) is 235 Å². The molecule has 9 N–H and O–H groups in total. The number of rotatable bonds is 42. The van der Waals surface area contributed by atoms with E-state index in [1.807, 2.05) is 6.08 Å². The lowest BCUT2D eigenvalue weighted by Crippen LogP contribution is -2.65. The summed E-state index contributed by atoms with van der Waals surface area (Å²) in [4.78, 5) is 13.1. The molecule has 2 fully saturated rings. The zero-order valence-corrected chi connectivity index (χ0v) is 45.5. The van der Waals surface area contributed by atoms with Gasteiger partial charge in [-0.15, -0.1) is 0 Å². The molecule has 0 aromatic rings. The minimum absolute atomic E-state index is 0.259. The SMILES string of the molecule is CC/C=C\C/C=C\C/C=C\C/C=C\C/C=C\C/C=C\C/C=C\C/C=C\C/C=C\CCCCCCCCCC(=O)NC(COC1OC(CO)C(OC2OC(CO)C(O)C(O)C2O)C(O)C1O)C(O)/C=C/CCCCCC. The highest BCUT2D eigenvalue weighted by Gasteiger charge is 2.51. The van der Waals surface area contributed by atoms with Crippen molar-refractivity contribution >= 4 is 5.91 Å².